The van der Waals surface area contributed by atoms with Crippen molar-refractivity contribution >= 4 is 5.91 Å². The van der Waals surface area contributed by atoms with Gasteiger partial charge in [0.1, 0.15) is 6.10 Å². The van der Waals surface area contributed by atoms with Gasteiger partial charge in [-0.1, -0.05) is 12.1 Å². The summed E-state index contributed by atoms with van der Waals surface area (Å²) in [6.07, 6.45) is 5.32. The van der Waals surface area contributed by atoms with Crippen LogP contribution in [-0.4, -0.2) is 60.6 Å². The fourth-order valence-electron chi connectivity index (χ4n) is 3.31. The Kier molecular flexibility index (Phi) is 6.65. The van der Waals surface area contributed by atoms with Crippen LogP contribution >= 0.6 is 0 Å². The number of hydrogen-bond donors (Lipinski definition) is 0. The molecule has 1 aromatic heterocycles. The molecule has 1 aromatic carbocycles. The maximum absolute atomic E-state index is 12.6. The lowest BCUT2D eigenvalue weighted by atomic mass is 10.1. The monoisotopic (exact) mass is 369 g/mol. The zero-order chi connectivity index (χ0) is 19.1. The van der Waals surface area contributed by atoms with Crippen LogP contribution in [0.3, 0.4) is 0 Å². The lowest BCUT2D eigenvalue weighted by Gasteiger charge is -2.33. The highest BCUT2D eigenvalue weighted by Crippen LogP contribution is 2.28. The van der Waals surface area contributed by atoms with Gasteiger partial charge in [-0.2, -0.15) is 0 Å². The summed E-state index contributed by atoms with van der Waals surface area (Å²) in [5.74, 6) is 1.68. The Bertz CT molecular complexity index is 730. The largest absolute Gasteiger partial charge is 0.493 e. The molecule has 0 saturated carbocycles. The van der Waals surface area contributed by atoms with Crippen molar-refractivity contribution in [2.45, 2.75) is 25.5 Å². The van der Waals surface area contributed by atoms with E-state index in [1.54, 1.807) is 19.5 Å². The predicted octanol–water partition coefficient (Wildman–Crippen LogP) is 2.59. The van der Waals surface area contributed by atoms with Crippen LogP contribution in [0.2, 0.25) is 0 Å². The summed E-state index contributed by atoms with van der Waals surface area (Å²) in [7, 11) is 3.61. The van der Waals surface area contributed by atoms with Crippen LogP contribution in [0.5, 0.6) is 11.5 Å². The summed E-state index contributed by atoms with van der Waals surface area (Å²) in [6.45, 7) is 2.60. The molecule has 6 nitrogen and oxygen atoms in total. The van der Waals surface area contributed by atoms with Crippen LogP contribution in [0.25, 0.3) is 0 Å². The van der Waals surface area contributed by atoms with Crippen molar-refractivity contribution in [1.82, 2.24) is 14.8 Å². The molecular weight excluding hydrogens is 342 g/mol. The van der Waals surface area contributed by atoms with E-state index in [0.29, 0.717) is 6.54 Å². The lowest BCUT2D eigenvalue weighted by molar-refractivity contribution is -0.134. The van der Waals surface area contributed by atoms with Crippen LogP contribution in [0.4, 0.5) is 0 Å². The molecular formula is C21H27N3O3. The SMILES string of the molecule is COc1ccccc1OC1CCN(C(=O)CN(C)Cc2ccncc2)CC1. The van der Waals surface area contributed by atoms with Crippen molar-refractivity contribution in [1.29, 1.82) is 0 Å². The van der Waals surface area contributed by atoms with E-state index in [1.165, 1.54) is 0 Å². The number of ether oxygens (including phenoxy) is 2. The van der Waals surface area contributed by atoms with Crippen molar-refractivity contribution < 1.29 is 14.3 Å². The molecule has 0 N–H and O–H groups in total. The molecule has 0 radical (unpaired) electrons. The standard InChI is InChI=1S/C21H27N3O3/c1-23(15-17-7-11-22-12-8-17)16-21(25)24-13-9-18(10-14-24)27-20-6-4-3-5-19(20)26-2/h3-8,11-12,18H,9-10,13-16H2,1-2H3. The molecule has 1 amide bonds. The molecule has 0 aliphatic carbocycles. The van der Waals surface area contributed by atoms with Gasteiger partial charge in [0, 0.05) is 44.9 Å². The smallest absolute Gasteiger partial charge is 0.236 e. The zero-order valence-electron chi connectivity index (χ0n) is 16.0. The van der Waals surface area contributed by atoms with E-state index in [-0.39, 0.29) is 12.0 Å². The first-order valence-electron chi connectivity index (χ1n) is 9.30. The molecule has 1 fully saturated rings. The Morgan fingerprint density at radius 2 is 1.81 bits per heavy atom. The second-order valence-corrected chi connectivity index (χ2v) is 6.88. The van der Waals surface area contributed by atoms with Crippen LogP contribution in [0.15, 0.2) is 48.8 Å². The molecule has 1 aliphatic rings. The van der Waals surface area contributed by atoms with Crippen molar-refractivity contribution in [2.24, 2.45) is 0 Å². The van der Waals surface area contributed by atoms with Gasteiger partial charge in [-0.15, -0.1) is 0 Å². The second-order valence-electron chi connectivity index (χ2n) is 6.88. The number of carbonyl (C=O) groups excluding carboxylic acids is 1. The molecule has 0 unspecified atom stereocenters. The van der Waals surface area contributed by atoms with Crippen molar-refractivity contribution in [2.75, 3.05) is 33.8 Å². The predicted molar refractivity (Wildman–Crippen MR) is 104 cm³/mol. The number of hydrogen-bond acceptors (Lipinski definition) is 5. The van der Waals surface area contributed by atoms with Gasteiger partial charge < -0.3 is 14.4 Å². The highest BCUT2D eigenvalue weighted by atomic mass is 16.5. The van der Waals surface area contributed by atoms with E-state index in [1.807, 2.05) is 53.2 Å². The van der Waals surface area contributed by atoms with Crippen LogP contribution < -0.4 is 9.47 Å². The van der Waals surface area contributed by atoms with E-state index in [9.17, 15) is 4.79 Å². The third-order valence-electron chi connectivity index (χ3n) is 4.76. The first-order chi connectivity index (χ1) is 13.2. The Labute approximate surface area is 160 Å². The number of carbonyl (C=O) groups is 1. The zero-order valence-corrected chi connectivity index (χ0v) is 16.0. The van der Waals surface area contributed by atoms with Crippen molar-refractivity contribution in [3.63, 3.8) is 0 Å². The summed E-state index contributed by atoms with van der Waals surface area (Å²) >= 11 is 0. The summed E-state index contributed by atoms with van der Waals surface area (Å²) in [5, 5.41) is 0. The molecule has 0 spiro atoms. The Balaban J connectivity index is 1.45. The molecule has 27 heavy (non-hydrogen) atoms. The molecule has 3 rings (SSSR count). The summed E-state index contributed by atoms with van der Waals surface area (Å²) in [6, 6.07) is 11.6. The minimum absolute atomic E-state index is 0.111. The average Bonchev–Trinajstić information content (AvgIpc) is 2.69. The third-order valence-corrected chi connectivity index (χ3v) is 4.76. The molecule has 1 saturated heterocycles. The van der Waals surface area contributed by atoms with Crippen LogP contribution in [0.1, 0.15) is 18.4 Å². The number of methoxy groups -OCH3 is 1. The van der Waals surface area contributed by atoms with Gasteiger partial charge >= 0.3 is 0 Å². The minimum Gasteiger partial charge on any atom is -0.493 e. The first-order valence-corrected chi connectivity index (χ1v) is 9.30. The van der Waals surface area contributed by atoms with E-state index < -0.39 is 0 Å². The van der Waals surface area contributed by atoms with Crippen molar-refractivity contribution in [3.05, 3.63) is 54.4 Å². The number of nitrogens with zero attached hydrogens (tertiary/aromatic N) is 3. The number of likely N-dealkylation sites (N-methyl/N-ethyl adjacent to an activating group) is 1. The molecule has 0 atom stereocenters. The average molecular weight is 369 g/mol. The topological polar surface area (TPSA) is 54.9 Å². The van der Waals surface area contributed by atoms with Gasteiger partial charge in [-0.05, 0) is 36.9 Å². The summed E-state index contributed by atoms with van der Waals surface area (Å²) in [4.78, 5) is 20.6. The van der Waals surface area contributed by atoms with Crippen molar-refractivity contribution in [3.8, 4) is 11.5 Å². The number of piperidine rings is 1. The normalized spacial score (nSPS) is 15.0. The number of aromatic nitrogens is 1. The molecule has 6 heteroatoms. The number of likely N-dealkylation sites (tertiary alicyclic amines) is 1. The van der Waals surface area contributed by atoms with Gasteiger partial charge in [-0.25, -0.2) is 0 Å². The van der Waals surface area contributed by atoms with Gasteiger partial charge in [0.25, 0.3) is 0 Å². The maximum Gasteiger partial charge on any atom is 0.236 e. The van der Waals surface area contributed by atoms with Gasteiger partial charge in [0.15, 0.2) is 11.5 Å². The number of amides is 1. The second kappa shape index (κ2) is 9.37. The van der Waals surface area contributed by atoms with Crippen LogP contribution in [-0.2, 0) is 11.3 Å². The lowest BCUT2D eigenvalue weighted by Crippen LogP contribution is -2.45. The van der Waals surface area contributed by atoms with E-state index >= 15 is 0 Å². The number of rotatable bonds is 7. The highest BCUT2D eigenvalue weighted by molar-refractivity contribution is 5.78. The number of pyridine rings is 1. The summed E-state index contributed by atoms with van der Waals surface area (Å²) < 4.78 is 11.4. The number of benzene rings is 1. The molecule has 2 heterocycles. The number of para-hydroxylation sites is 2. The van der Waals surface area contributed by atoms with Gasteiger partial charge in [-0.3, -0.25) is 14.7 Å². The maximum atomic E-state index is 12.6. The quantitative estimate of drug-likeness (QED) is 0.751. The Morgan fingerprint density at radius 1 is 1.15 bits per heavy atom. The molecule has 1 aliphatic heterocycles. The minimum atomic E-state index is 0.111. The Hall–Kier alpha value is -2.60. The van der Waals surface area contributed by atoms with Gasteiger partial charge in [0.2, 0.25) is 5.91 Å². The Morgan fingerprint density at radius 3 is 2.48 bits per heavy atom. The first kappa shape index (κ1) is 19.2. The fraction of sp³-hybridized carbons (Fsp3) is 0.429. The molecule has 2 aromatic rings. The van der Waals surface area contributed by atoms with Crippen LogP contribution in [0, 0.1) is 0 Å². The van der Waals surface area contributed by atoms with Gasteiger partial charge in [0.05, 0.1) is 13.7 Å². The molecule has 144 valence electrons. The highest BCUT2D eigenvalue weighted by Gasteiger charge is 2.25. The van der Waals surface area contributed by atoms with E-state index in [0.717, 1.165) is 49.5 Å². The van der Waals surface area contributed by atoms with E-state index in [4.69, 9.17) is 9.47 Å². The molecule has 0 bridgehead atoms. The van der Waals surface area contributed by atoms with E-state index in [2.05, 4.69) is 4.98 Å². The fourth-order valence-corrected chi connectivity index (χ4v) is 3.31. The summed E-state index contributed by atoms with van der Waals surface area (Å²) in [5.41, 5.74) is 1.16. The third kappa shape index (κ3) is 5.44.